The molecule has 2 aromatic rings. The molecule has 2 fully saturated rings. The number of aromatic nitrogens is 2. The lowest BCUT2D eigenvalue weighted by Gasteiger charge is -2.24. The van der Waals surface area contributed by atoms with E-state index in [4.69, 9.17) is 4.74 Å². The second-order valence-electron chi connectivity index (χ2n) is 10.6. The lowest BCUT2D eigenvalue weighted by Crippen LogP contribution is -2.43. The second-order valence-corrected chi connectivity index (χ2v) is 10.6. The molecule has 0 radical (unpaired) electrons. The molecule has 7 nitrogen and oxygen atoms in total. The van der Waals surface area contributed by atoms with E-state index >= 15 is 0 Å². The van der Waals surface area contributed by atoms with Crippen LogP contribution in [0.3, 0.4) is 0 Å². The van der Waals surface area contributed by atoms with Crippen molar-refractivity contribution in [2.75, 3.05) is 31.1 Å². The van der Waals surface area contributed by atoms with Crippen LogP contribution in [0.4, 0.5) is 19.5 Å². The molecule has 2 saturated heterocycles. The number of carbonyl (C=O) groups is 1. The average Bonchev–Trinajstić information content (AvgIpc) is 3.22. The van der Waals surface area contributed by atoms with Gasteiger partial charge < -0.3 is 20.3 Å². The first-order valence-electron chi connectivity index (χ1n) is 12.4. The third-order valence-corrected chi connectivity index (χ3v) is 6.65. The molecule has 1 aromatic carbocycles. The Hall–Kier alpha value is -2.81. The quantitative estimate of drug-likeness (QED) is 0.636. The van der Waals surface area contributed by atoms with Crippen LogP contribution in [0.2, 0.25) is 0 Å². The number of nitrogens with zero attached hydrogens (tertiary/aromatic N) is 3. The number of halogens is 2. The molecule has 9 heteroatoms. The summed E-state index contributed by atoms with van der Waals surface area (Å²) in [4.78, 5) is 23.5. The van der Waals surface area contributed by atoms with Crippen molar-refractivity contribution in [2.45, 2.75) is 64.0 Å². The normalized spacial score (nSPS) is 21.2. The van der Waals surface area contributed by atoms with Crippen molar-refractivity contribution in [3.63, 3.8) is 0 Å². The average molecular weight is 488 g/mol. The Morgan fingerprint density at radius 1 is 1.17 bits per heavy atom. The molecule has 2 aliphatic heterocycles. The van der Waals surface area contributed by atoms with Crippen LogP contribution in [0.15, 0.2) is 30.6 Å². The summed E-state index contributed by atoms with van der Waals surface area (Å²) in [7, 11) is 0. The zero-order valence-electron chi connectivity index (χ0n) is 20.7. The molecule has 0 saturated carbocycles. The SMILES string of the molecule is CC(C)(C)OC(=O)NC1CN(c2ncc(CCC3CCNCC3)cn2)CC1c1cc(F)ccc1F. The minimum atomic E-state index is -0.672. The molecular formula is C26H35F2N5O2. The predicted molar refractivity (Wildman–Crippen MR) is 130 cm³/mol. The van der Waals surface area contributed by atoms with Gasteiger partial charge in [-0.1, -0.05) is 0 Å². The summed E-state index contributed by atoms with van der Waals surface area (Å²) < 4.78 is 34.0. The number of nitrogens with one attached hydrogen (secondary N) is 2. The van der Waals surface area contributed by atoms with E-state index in [1.54, 1.807) is 20.8 Å². The molecule has 2 atom stereocenters. The Balaban J connectivity index is 1.46. The molecule has 0 bridgehead atoms. The van der Waals surface area contributed by atoms with Gasteiger partial charge in [0, 0.05) is 31.4 Å². The van der Waals surface area contributed by atoms with Crippen LogP contribution in [0.1, 0.15) is 57.1 Å². The zero-order chi connectivity index (χ0) is 25.0. The second kappa shape index (κ2) is 10.8. The van der Waals surface area contributed by atoms with Crippen molar-refractivity contribution in [3.05, 3.63) is 53.4 Å². The van der Waals surface area contributed by atoms with Gasteiger partial charge in [0.2, 0.25) is 5.95 Å². The summed E-state index contributed by atoms with van der Waals surface area (Å²) in [5, 5.41) is 6.24. The summed E-state index contributed by atoms with van der Waals surface area (Å²) >= 11 is 0. The number of rotatable bonds is 6. The molecule has 2 aliphatic rings. The monoisotopic (exact) mass is 487 g/mol. The molecule has 1 amide bonds. The van der Waals surface area contributed by atoms with Crippen molar-refractivity contribution < 1.29 is 18.3 Å². The van der Waals surface area contributed by atoms with Crippen molar-refractivity contribution >= 4 is 12.0 Å². The van der Waals surface area contributed by atoms with Gasteiger partial charge in [0.15, 0.2) is 0 Å². The van der Waals surface area contributed by atoms with Crippen molar-refractivity contribution in [2.24, 2.45) is 5.92 Å². The number of hydrogen-bond acceptors (Lipinski definition) is 6. The maximum absolute atomic E-state index is 14.7. The molecule has 2 N–H and O–H groups in total. The highest BCUT2D eigenvalue weighted by Crippen LogP contribution is 2.32. The predicted octanol–water partition coefficient (Wildman–Crippen LogP) is 4.18. The first kappa shape index (κ1) is 25.3. The van der Waals surface area contributed by atoms with Crippen LogP contribution in [0.25, 0.3) is 0 Å². The maximum Gasteiger partial charge on any atom is 0.407 e. The maximum atomic E-state index is 14.7. The van der Waals surface area contributed by atoms with Crippen molar-refractivity contribution in [1.29, 1.82) is 0 Å². The number of aryl methyl sites for hydroxylation is 1. The van der Waals surface area contributed by atoms with Crippen molar-refractivity contribution in [1.82, 2.24) is 20.6 Å². The van der Waals surface area contributed by atoms with E-state index in [9.17, 15) is 13.6 Å². The van der Waals surface area contributed by atoms with Crippen LogP contribution >= 0.6 is 0 Å². The minimum absolute atomic E-state index is 0.215. The van der Waals surface area contributed by atoms with Gasteiger partial charge in [0.1, 0.15) is 17.2 Å². The fourth-order valence-corrected chi connectivity index (χ4v) is 4.87. The smallest absolute Gasteiger partial charge is 0.407 e. The van der Waals surface area contributed by atoms with E-state index in [-0.39, 0.29) is 5.56 Å². The Bertz CT molecular complexity index is 1010. The number of ether oxygens (including phenoxy) is 1. The van der Waals surface area contributed by atoms with E-state index in [0.717, 1.165) is 49.5 Å². The van der Waals surface area contributed by atoms with Crippen LogP contribution in [0.5, 0.6) is 0 Å². The number of piperidine rings is 1. The standard InChI is InChI=1S/C26H35F2N5O2/c1-26(2,3)35-25(34)32-23-16-33(15-21(23)20-12-19(27)6-7-22(20)28)24-30-13-18(14-31-24)5-4-17-8-10-29-11-9-17/h6-7,12-14,17,21,23,29H,4-5,8-11,15-16H2,1-3H3,(H,32,34). The van der Waals surface area contributed by atoms with Crippen LogP contribution < -0.4 is 15.5 Å². The Kier molecular flexibility index (Phi) is 7.84. The van der Waals surface area contributed by atoms with E-state index in [0.29, 0.717) is 19.0 Å². The Labute approximate surface area is 205 Å². The summed E-state index contributed by atoms with van der Waals surface area (Å²) in [6, 6.07) is 2.90. The number of alkyl carbamates (subject to hydrolysis) is 1. The van der Waals surface area contributed by atoms with Gasteiger partial charge in [-0.2, -0.15) is 0 Å². The molecule has 4 rings (SSSR count). The molecule has 2 unspecified atom stereocenters. The van der Waals surface area contributed by atoms with Crippen molar-refractivity contribution in [3.8, 4) is 0 Å². The number of amides is 1. The highest BCUT2D eigenvalue weighted by molar-refractivity contribution is 5.68. The molecule has 190 valence electrons. The van der Waals surface area contributed by atoms with Crippen LogP contribution in [-0.4, -0.2) is 53.9 Å². The van der Waals surface area contributed by atoms with E-state index in [1.807, 2.05) is 17.3 Å². The molecule has 0 spiro atoms. The van der Waals surface area contributed by atoms with Crippen LogP contribution in [-0.2, 0) is 11.2 Å². The fraction of sp³-hybridized carbons (Fsp3) is 0.577. The Morgan fingerprint density at radius 2 is 1.89 bits per heavy atom. The first-order valence-corrected chi connectivity index (χ1v) is 12.4. The van der Waals surface area contributed by atoms with Gasteiger partial charge in [-0.25, -0.2) is 23.5 Å². The highest BCUT2D eigenvalue weighted by Gasteiger charge is 2.38. The fourth-order valence-electron chi connectivity index (χ4n) is 4.87. The topological polar surface area (TPSA) is 79.4 Å². The Morgan fingerprint density at radius 3 is 2.57 bits per heavy atom. The van der Waals surface area contributed by atoms with Gasteiger partial charge in [-0.15, -0.1) is 0 Å². The van der Waals surface area contributed by atoms with Gasteiger partial charge in [0.05, 0.1) is 6.04 Å². The summed E-state index contributed by atoms with van der Waals surface area (Å²) in [6.45, 7) is 8.19. The van der Waals surface area contributed by atoms with Gasteiger partial charge in [-0.05, 0) is 94.8 Å². The summed E-state index contributed by atoms with van der Waals surface area (Å²) in [5.41, 5.74) is 0.629. The third kappa shape index (κ3) is 6.87. The lowest BCUT2D eigenvalue weighted by molar-refractivity contribution is 0.0504. The number of benzene rings is 1. The van der Waals surface area contributed by atoms with E-state index < -0.39 is 35.3 Å². The number of carbonyl (C=O) groups excluding carboxylic acids is 1. The van der Waals surface area contributed by atoms with Gasteiger partial charge in [-0.3, -0.25) is 0 Å². The molecule has 1 aromatic heterocycles. The molecular weight excluding hydrogens is 452 g/mol. The van der Waals surface area contributed by atoms with Gasteiger partial charge in [0.25, 0.3) is 0 Å². The minimum Gasteiger partial charge on any atom is -0.444 e. The lowest BCUT2D eigenvalue weighted by atomic mass is 9.92. The van der Waals surface area contributed by atoms with E-state index in [1.165, 1.54) is 18.9 Å². The highest BCUT2D eigenvalue weighted by atomic mass is 19.1. The number of hydrogen-bond donors (Lipinski definition) is 2. The van der Waals surface area contributed by atoms with Gasteiger partial charge >= 0.3 is 6.09 Å². The van der Waals surface area contributed by atoms with E-state index in [2.05, 4.69) is 20.6 Å². The largest absolute Gasteiger partial charge is 0.444 e. The third-order valence-electron chi connectivity index (χ3n) is 6.65. The zero-order valence-corrected chi connectivity index (χ0v) is 20.7. The summed E-state index contributed by atoms with van der Waals surface area (Å²) in [6.07, 6.45) is 7.56. The molecule has 3 heterocycles. The molecule has 0 aliphatic carbocycles. The number of anilines is 1. The van der Waals surface area contributed by atoms with Crippen LogP contribution in [0, 0.1) is 17.6 Å². The first-order chi connectivity index (χ1) is 16.7. The molecule has 35 heavy (non-hydrogen) atoms. The summed E-state index contributed by atoms with van der Waals surface area (Å²) in [5.74, 6) is -0.280.